The third-order valence-electron chi connectivity index (χ3n) is 3.90. The molecule has 3 heteroatoms. The topological polar surface area (TPSA) is 16.1 Å². The van der Waals surface area contributed by atoms with Gasteiger partial charge in [-0.1, -0.05) is 48.0 Å². The van der Waals surface area contributed by atoms with Crippen LogP contribution in [0.2, 0.25) is 0 Å². The molecule has 1 saturated heterocycles. The number of rotatable bonds is 2. The van der Waals surface area contributed by atoms with Gasteiger partial charge in [-0.3, -0.25) is 0 Å². The molecule has 2 nitrogen and oxygen atoms in total. The highest BCUT2D eigenvalue weighted by Gasteiger charge is 2.30. The molecule has 0 saturated carbocycles. The number of pyridine rings is 1. The first-order valence-electron chi connectivity index (χ1n) is 6.79. The van der Waals surface area contributed by atoms with E-state index in [1.54, 1.807) is 0 Å². The number of alkyl halides is 1. The molecule has 100 valence electrons. The number of benzene rings is 1. The predicted octanol–water partition coefficient (Wildman–Crippen LogP) is 4.37. The van der Waals surface area contributed by atoms with Crippen molar-refractivity contribution in [2.75, 3.05) is 18.0 Å². The van der Waals surface area contributed by atoms with Crippen molar-refractivity contribution in [1.82, 2.24) is 4.98 Å². The van der Waals surface area contributed by atoms with E-state index >= 15 is 0 Å². The first-order chi connectivity index (χ1) is 9.09. The molecule has 0 amide bonds. The molecule has 0 aliphatic carbocycles. The summed E-state index contributed by atoms with van der Waals surface area (Å²) < 4.78 is 0. The summed E-state index contributed by atoms with van der Waals surface area (Å²) in [5.74, 6) is 1.15. The molecule has 0 N–H and O–H groups in total. The third kappa shape index (κ3) is 2.48. The van der Waals surface area contributed by atoms with Crippen LogP contribution in [0.5, 0.6) is 0 Å². The van der Waals surface area contributed by atoms with Crippen LogP contribution in [-0.4, -0.2) is 18.1 Å². The van der Waals surface area contributed by atoms with Crippen molar-refractivity contribution in [3.8, 4) is 0 Å². The van der Waals surface area contributed by atoms with Crippen LogP contribution in [0.4, 0.5) is 5.82 Å². The minimum absolute atomic E-state index is 0.400. The Kier molecular flexibility index (Phi) is 3.25. The predicted molar refractivity (Wildman–Crippen MR) is 85.0 cm³/mol. The first-order valence-corrected chi connectivity index (χ1v) is 7.91. The Labute approximate surface area is 123 Å². The highest BCUT2D eigenvalue weighted by Crippen LogP contribution is 2.34. The zero-order valence-corrected chi connectivity index (χ0v) is 13.1. The summed E-state index contributed by atoms with van der Waals surface area (Å²) in [6, 6.07) is 10.6. The van der Waals surface area contributed by atoms with Gasteiger partial charge in [-0.05, 0) is 24.0 Å². The summed E-state index contributed by atoms with van der Waals surface area (Å²) in [6.07, 6.45) is 1.24. The van der Waals surface area contributed by atoms with Crippen LogP contribution in [0.25, 0.3) is 10.9 Å². The molecule has 0 atom stereocenters. The van der Waals surface area contributed by atoms with E-state index in [0.717, 1.165) is 29.8 Å². The molecular weight excluding hydrogens is 300 g/mol. The SMILES string of the molecule is CC1(C)CCN(c2nc3ccccc3cc2CBr)C1. The van der Waals surface area contributed by atoms with Crippen LogP contribution >= 0.6 is 15.9 Å². The van der Waals surface area contributed by atoms with E-state index in [2.05, 4.69) is 65.0 Å². The van der Waals surface area contributed by atoms with Gasteiger partial charge in [-0.2, -0.15) is 0 Å². The Hall–Kier alpha value is -1.09. The van der Waals surface area contributed by atoms with E-state index in [4.69, 9.17) is 4.98 Å². The van der Waals surface area contributed by atoms with Crippen LogP contribution in [0.15, 0.2) is 30.3 Å². The largest absolute Gasteiger partial charge is 0.356 e. The number of fused-ring (bicyclic) bond motifs is 1. The summed E-state index contributed by atoms with van der Waals surface area (Å²) >= 11 is 3.60. The summed E-state index contributed by atoms with van der Waals surface area (Å²) in [4.78, 5) is 7.32. The summed E-state index contributed by atoms with van der Waals surface area (Å²) in [7, 11) is 0. The number of para-hydroxylation sites is 1. The number of hydrogen-bond donors (Lipinski definition) is 0. The first kappa shape index (κ1) is 12.9. The Morgan fingerprint density at radius 3 is 2.79 bits per heavy atom. The van der Waals surface area contributed by atoms with Gasteiger partial charge in [0.05, 0.1) is 5.52 Å². The van der Waals surface area contributed by atoms with Crippen molar-refractivity contribution in [3.05, 3.63) is 35.9 Å². The molecule has 0 radical (unpaired) electrons. The zero-order valence-electron chi connectivity index (χ0n) is 11.5. The third-order valence-corrected chi connectivity index (χ3v) is 4.51. The maximum atomic E-state index is 4.89. The average Bonchev–Trinajstić information content (AvgIpc) is 2.77. The van der Waals surface area contributed by atoms with E-state index in [0.29, 0.717) is 5.41 Å². The fraction of sp³-hybridized carbons (Fsp3) is 0.438. The highest BCUT2D eigenvalue weighted by atomic mass is 79.9. The van der Waals surface area contributed by atoms with E-state index in [1.807, 2.05) is 0 Å². The van der Waals surface area contributed by atoms with Gasteiger partial charge >= 0.3 is 0 Å². The van der Waals surface area contributed by atoms with Gasteiger partial charge in [-0.15, -0.1) is 0 Å². The lowest BCUT2D eigenvalue weighted by atomic mass is 9.93. The van der Waals surface area contributed by atoms with Gasteiger partial charge in [0.1, 0.15) is 5.82 Å². The zero-order chi connectivity index (χ0) is 13.5. The molecule has 2 heterocycles. The number of halogens is 1. The van der Waals surface area contributed by atoms with Crippen LogP contribution < -0.4 is 4.90 Å². The quantitative estimate of drug-likeness (QED) is 0.764. The Morgan fingerprint density at radius 2 is 2.11 bits per heavy atom. The molecule has 1 fully saturated rings. The maximum absolute atomic E-state index is 4.89. The van der Waals surface area contributed by atoms with Gasteiger partial charge in [0, 0.05) is 29.4 Å². The van der Waals surface area contributed by atoms with E-state index < -0.39 is 0 Å². The van der Waals surface area contributed by atoms with Crippen molar-refractivity contribution in [2.24, 2.45) is 5.41 Å². The molecule has 1 aliphatic heterocycles. The van der Waals surface area contributed by atoms with E-state index in [9.17, 15) is 0 Å². The normalized spacial score (nSPS) is 18.2. The molecule has 1 aliphatic rings. The highest BCUT2D eigenvalue weighted by molar-refractivity contribution is 9.08. The van der Waals surface area contributed by atoms with Gasteiger partial charge in [0.25, 0.3) is 0 Å². The lowest BCUT2D eigenvalue weighted by Gasteiger charge is -2.23. The Morgan fingerprint density at radius 1 is 1.32 bits per heavy atom. The Balaban J connectivity index is 2.07. The standard InChI is InChI=1S/C16H19BrN2/c1-16(2)7-8-19(11-16)15-13(10-17)9-12-5-3-4-6-14(12)18-15/h3-6,9H,7-8,10-11H2,1-2H3. The second-order valence-electron chi connectivity index (χ2n) is 6.13. The number of anilines is 1. The van der Waals surface area contributed by atoms with Crippen LogP contribution in [0.1, 0.15) is 25.8 Å². The molecule has 0 spiro atoms. The smallest absolute Gasteiger partial charge is 0.133 e. The second-order valence-corrected chi connectivity index (χ2v) is 6.69. The number of hydrogen-bond acceptors (Lipinski definition) is 2. The minimum Gasteiger partial charge on any atom is -0.356 e. The van der Waals surface area contributed by atoms with Crippen LogP contribution in [0, 0.1) is 5.41 Å². The minimum atomic E-state index is 0.400. The lowest BCUT2D eigenvalue weighted by molar-refractivity contribution is 0.418. The monoisotopic (exact) mass is 318 g/mol. The molecular formula is C16H19BrN2. The average molecular weight is 319 g/mol. The van der Waals surface area contributed by atoms with Crippen molar-refractivity contribution >= 4 is 32.7 Å². The van der Waals surface area contributed by atoms with Crippen LogP contribution in [-0.2, 0) is 5.33 Å². The second kappa shape index (κ2) is 4.78. The molecule has 2 aromatic rings. The number of nitrogens with zero attached hydrogens (tertiary/aromatic N) is 2. The van der Waals surface area contributed by atoms with Gasteiger partial charge in [-0.25, -0.2) is 4.98 Å². The molecule has 1 aromatic heterocycles. The van der Waals surface area contributed by atoms with Gasteiger partial charge in [0.2, 0.25) is 0 Å². The summed E-state index contributed by atoms with van der Waals surface area (Å²) in [5.41, 5.74) is 2.78. The fourth-order valence-electron chi connectivity index (χ4n) is 2.81. The summed E-state index contributed by atoms with van der Waals surface area (Å²) in [5, 5.41) is 2.08. The molecule has 1 aromatic carbocycles. The van der Waals surface area contributed by atoms with Crippen molar-refractivity contribution in [2.45, 2.75) is 25.6 Å². The molecule has 19 heavy (non-hydrogen) atoms. The van der Waals surface area contributed by atoms with Gasteiger partial charge < -0.3 is 4.90 Å². The maximum Gasteiger partial charge on any atom is 0.133 e. The van der Waals surface area contributed by atoms with Crippen molar-refractivity contribution in [1.29, 1.82) is 0 Å². The number of aromatic nitrogens is 1. The van der Waals surface area contributed by atoms with E-state index in [1.165, 1.54) is 17.4 Å². The Bertz CT molecular complexity index is 607. The van der Waals surface area contributed by atoms with Crippen molar-refractivity contribution in [3.63, 3.8) is 0 Å². The fourth-order valence-corrected chi connectivity index (χ4v) is 3.23. The molecule has 3 rings (SSSR count). The molecule has 0 bridgehead atoms. The van der Waals surface area contributed by atoms with Crippen molar-refractivity contribution < 1.29 is 0 Å². The van der Waals surface area contributed by atoms with Gasteiger partial charge in [0.15, 0.2) is 0 Å². The summed E-state index contributed by atoms with van der Waals surface area (Å²) in [6.45, 7) is 6.88. The van der Waals surface area contributed by atoms with Crippen LogP contribution in [0.3, 0.4) is 0 Å². The molecule has 0 unspecified atom stereocenters. The van der Waals surface area contributed by atoms with E-state index in [-0.39, 0.29) is 0 Å². The lowest BCUT2D eigenvalue weighted by Crippen LogP contribution is -2.24.